The molecule has 6 aromatic carbocycles. The highest BCUT2D eigenvalue weighted by Gasteiger charge is 2.27. The second-order valence-electron chi connectivity index (χ2n) is 22.2. The number of hydrogen-bond donors (Lipinski definition) is 0. The lowest BCUT2D eigenvalue weighted by Crippen LogP contribution is -2.11. The molecule has 0 atom stereocenters. The van der Waals surface area contributed by atoms with Crippen molar-refractivity contribution in [1.29, 1.82) is 0 Å². The second kappa shape index (κ2) is 15.3. The number of benzene rings is 6. The number of pyridine rings is 1. The molecule has 6 heteroatoms. The van der Waals surface area contributed by atoms with Crippen LogP contribution < -0.4 is 0 Å². The SMILES string of the molecule is CC(C)(C)c1ccc2c(c1)c1cc(C(C)(C)C)ccc1n2-c1cnc(-n2c3ccc(C(C)(C)C)cc3c3cc(C(C)(C)C)ccc32)c(-c2nc(-c3ccccc3)nc(-c3ccccc3)n2)c1. The van der Waals surface area contributed by atoms with E-state index < -0.39 is 0 Å². The summed E-state index contributed by atoms with van der Waals surface area (Å²) in [7, 11) is 0. The van der Waals surface area contributed by atoms with Gasteiger partial charge in [-0.2, -0.15) is 0 Å². The van der Waals surface area contributed by atoms with Gasteiger partial charge >= 0.3 is 0 Å². The lowest BCUT2D eigenvalue weighted by atomic mass is 9.85. The predicted octanol–water partition coefficient (Wildman–Crippen LogP) is 15.7. The van der Waals surface area contributed by atoms with Crippen molar-refractivity contribution in [3.63, 3.8) is 0 Å². The van der Waals surface area contributed by atoms with Crippen LogP contribution in [0.15, 0.2) is 146 Å². The third-order valence-corrected chi connectivity index (χ3v) is 13.3. The van der Waals surface area contributed by atoms with Crippen molar-refractivity contribution in [2.45, 2.75) is 105 Å². The third kappa shape index (κ3) is 7.56. The van der Waals surface area contributed by atoms with Crippen LogP contribution in [0, 0.1) is 0 Å². The quantitative estimate of drug-likeness (QED) is 0.173. The van der Waals surface area contributed by atoms with Crippen molar-refractivity contribution < 1.29 is 0 Å². The van der Waals surface area contributed by atoms with Gasteiger partial charge in [0.1, 0.15) is 5.82 Å². The van der Waals surface area contributed by atoms with Crippen LogP contribution in [0.25, 0.3) is 89.3 Å². The number of rotatable bonds is 5. The van der Waals surface area contributed by atoms with Crippen molar-refractivity contribution in [2.24, 2.45) is 0 Å². The van der Waals surface area contributed by atoms with E-state index in [2.05, 4.69) is 195 Å². The summed E-state index contributed by atoms with van der Waals surface area (Å²) in [6.07, 6.45) is 2.04. The van der Waals surface area contributed by atoms with Crippen LogP contribution in [0.3, 0.4) is 0 Å². The highest BCUT2D eigenvalue weighted by atomic mass is 15.1. The topological polar surface area (TPSA) is 61.4 Å². The van der Waals surface area contributed by atoms with E-state index in [9.17, 15) is 0 Å². The van der Waals surface area contributed by atoms with Crippen LogP contribution in [0.4, 0.5) is 0 Å². The molecule has 0 radical (unpaired) electrons. The molecule has 0 unspecified atom stereocenters. The Morgan fingerprint density at radius 1 is 0.348 bits per heavy atom. The predicted molar refractivity (Wildman–Crippen MR) is 277 cm³/mol. The molecular weight excluding hydrogens is 805 g/mol. The van der Waals surface area contributed by atoms with Crippen LogP contribution >= 0.6 is 0 Å². The first-order valence-corrected chi connectivity index (χ1v) is 23.3. The van der Waals surface area contributed by atoms with Crippen LogP contribution in [0.5, 0.6) is 0 Å². The average Bonchev–Trinajstić information content (AvgIpc) is 3.79. The molecule has 66 heavy (non-hydrogen) atoms. The fourth-order valence-corrected chi connectivity index (χ4v) is 9.26. The lowest BCUT2D eigenvalue weighted by molar-refractivity contribution is 0.590. The maximum Gasteiger partial charge on any atom is 0.167 e. The Hall–Kier alpha value is -6.92. The summed E-state index contributed by atoms with van der Waals surface area (Å²) >= 11 is 0. The van der Waals surface area contributed by atoms with Crippen LogP contribution in [0.2, 0.25) is 0 Å². The molecule has 0 aliphatic heterocycles. The highest BCUT2D eigenvalue weighted by molar-refractivity contribution is 6.11. The Morgan fingerprint density at radius 2 is 0.682 bits per heavy atom. The van der Waals surface area contributed by atoms with Crippen molar-refractivity contribution >= 4 is 43.6 Å². The monoisotopic (exact) mass is 864 g/mol. The van der Waals surface area contributed by atoms with Gasteiger partial charge in [0, 0.05) is 32.7 Å². The standard InChI is InChI=1S/C60H60N6/c1-57(2,3)39-23-27-49-44(31-39)45-32-40(58(4,5)6)24-28-50(45)65(49)43-35-48(55-63-53(37-19-15-13-16-20-37)62-54(64-55)38-21-17-14-18-22-38)56(61-36-43)66-51-29-25-41(59(7,8)9)33-46(51)47-34-42(60(10,11)12)26-30-52(47)66/h13-36H,1-12H3. The van der Waals surface area contributed by atoms with Gasteiger partial charge in [-0.15, -0.1) is 0 Å². The third-order valence-electron chi connectivity index (χ3n) is 13.3. The van der Waals surface area contributed by atoms with Gasteiger partial charge in [0.2, 0.25) is 0 Å². The van der Waals surface area contributed by atoms with Crippen molar-refractivity contribution in [1.82, 2.24) is 29.1 Å². The first kappa shape index (κ1) is 43.0. The van der Waals surface area contributed by atoms with Gasteiger partial charge < -0.3 is 4.57 Å². The zero-order valence-corrected chi connectivity index (χ0v) is 40.5. The number of aromatic nitrogens is 6. The van der Waals surface area contributed by atoms with Crippen molar-refractivity contribution in [2.75, 3.05) is 0 Å². The molecule has 0 bridgehead atoms. The van der Waals surface area contributed by atoms with Gasteiger partial charge in [-0.1, -0.05) is 168 Å². The van der Waals surface area contributed by atoms with E-state index >= 15 is 0 Å². The average molecular weight is 865 g/mol. The second-order valence-corrected chi connectivity index (χ2v) is 22.2. The van der Waals surface area contributed by atoms with E-state index in [4.69, 9.17) is 19.9 Å². The molecule has 330 valence electrons. The molecule has 0 saturated carbocycles. The van der Waals surface area contributed by atoms with Gasteiger partial charge in [-0.25, -0.2) is 19.9 Å². The minimum Gasteiger partial charge on any atom is -0.308 e. The molecule has 0 amide bonds. The molecule has 0 N–H and O–H groups in total. The van der Waals surface area contributed by atoms with E-state index in [0.29, 0.717) is 17.5 Å². The maximum absolute atomic E-state index is 5.57. The Balaban J connectivity index is 1.33. The minimum atomic E-state index is -0.0362. The summed E-state index contributed by atoms with van der Waals surface area (Å²) in [6, 6.07) is 50.5. The normalized spacial score (nSPS) is 12.8. The Morgan fingerprint density at radius 3 is 1.03 bits per heavy atom. The van der Waals surface area contributed by atoms with Gasteiger partial charge in [-0.05, 0) is 98.5 Å². The molecule has 0 aliphatic rings. The molecule has 4 aromatic heterocycles. The molecular formula is C60H60N6. The minimum absolute atomic E-state index is 0.0180. The largest absolute Gasteiger partial charge is 0.308 e. The number of hydrogen-bond acceptors (Lipinski definition) is 4. The maximum atomic E-state index is 5.57. The van der Waals surface area contributed by atoms with E-state index in [1.165, 1.54) is 43.8 Å². The zero-order chi connectivity index (χ0) is 46.5. The molecule has 6 nitrogen and oxygen atoms in total. The smallest absolute Gasteiger partial charge is 0.167 e. The van der Waals surface area contributed by atoms with Gasteiger partial charge in [0.15, 0.2) is 17.5 Å². The summed E-state index contributed by atoms with van der Waals surface area (Å²) in [4.78, 5) is 21.4. The summed E-state index contributed by atoms with van der Waals surface area (Å²) in [6.45, 7) is 27.4. The van der Waals surface area contributed by atoms with Crippen LogP contribution in [0.1, 0.15) is 105 Å². The fraction of sp³-hybridized carbons (Fsp3) is 0.267. The number of fused-ring (bicyclic) bond motifs is 6. The van der Waals surface area contributed by atoms with E-state index in [-0.39, 0.29) is 21.7 Å². The van der Waals surface area contributed by atoms with Crippen molar-refractivity contribution in [3.05, 3.63) is 168 Å². The Bertz CT molecular complexity index is 3290. The van der Waals surface area contributed by atoms with E-state index in [1.54, 1.807) is 0 Å². The summed E-state index contributed by atoms with van der Waals surface area (Å²) in [5.74, 6) is 2.50. The molecule has 10 aromatic rings. The van der Waals surface area contributed by atoms with E-state index in [0.717, 1.165) is 50.3 Å². The molecule has 0 aliphatic carbocycles. The summed E-state index contributed by atoms with van der Waals surface area (Å²) in [5.41, 5.74) is 13.0. The first-order chi connectivity index (χ1) is 31.2. The number of nitrogens with zero attached hydrogens (tertiary/aromatic N) is 6. The highest BCUT2D eigenvalue weighted by Crippen LogP contribution is 2.42. The molecule has 10 rings (SSSR count). The van der Waals surface area contributed by atoms with Gasteiger partial charge in [0.05, 0.1) is 39.5 Å². The molecule has 0 fully saturated rings. The van der Waals surface area contributed by atoms with Gasteiger partial charge in [-0.3, -0.25) is 4.57 Å². The van der Waals surface area contributed by atoms with Crippen LogP contribution in [-0.2, 0) is 21.7 Å². The summed E-state index contributed by atoms with van der Waals surface area (Å²) < 4.78 is 4.70. The van der Waals surface area contributed by atoms with E-state index in [1.807, 2.05) is 42.6 Å². The lowest BCUT2D eigenvalue weighted by Gasteiger charge is -2.20. The molecule has 0 saturated heterocycles. The first-order valence-electron chi connectivity index (χ1n) is 23.3. The fourth-order valence-electron chi connectivity index (χ4n) is 9.26. The van der Waals surface area contributed by atoms with Crippen molar-refractivity contribution in [3.8, 4) is 45.7 Å². The Labute approximate surface area is 389 Å². The molecule has 4 heterocycles. The Kier molecular flexibility index (Phi) is 9.99. The van der Waals surface area contributed by atoms with Gasteiger partial charge in [0.25, 0.3) is 0 Å². The van der Waals surface area contributed by atoms with Crippen LogP contribution in [-0.4, -0.2) is 29.1 Å². The molecule has 0 spiro atoms. The zero-order valence-electron chi connectivity index (χ0n) is 40.5. The summed E-state index contributed by atoms with van der Waals surface area (Å²) in [5, 5.41) is 4.83.